The highest BCUT2D eigenvalue weighted by Gasteiger charge is 2.35. The van der Waals surface area contributed by atoms with Gasteiger partial charge in [-0.2, -0.15) is 0 Å². The van der Waals surface area contributed by atoms with E-state index in [1.54, 1.807) is 4.90 Å². The summed E-state index contributed by atoms with van der Waals surface area (Å²) in [7, 11) is 0. The molecule has 2 rings (SSSR count). The minimum atomic E-state index is -0.661. The number of cyclic esters (lactones) is 1. The molecule has 1 N–H and O–H groups in total. The predicted molar refractivity (Wildman–Crippen MR) is 72.4 cm³/mol. The second-order valence-corrected chi connectivity index (χ2v) is 5.02. The molecule has 0 radical (unpaired) electrons. The van der Waals surface area contributed by atoms with Crippen LogP contribution < -0.4 is 5.32 Å². The molecule has 1 atom stereocenters. The van der Waals surface area contributed by atoms with E-state index in [-0.39, 0.29) is 12.0 Å². The van der Waals surface area contributed by atoms with Gasteiger partial charge in [-0.25, -0.2) is 4.79 Å². The molecule has 2 amide bonds. The first-order valence-corrected chi connectivity index (χ1v) is 7.24. The van der Waals surface area contributed by atoms with Crippen molar-refractivity contribution in [3.63, 3.8) is 0 Å². The van der Waals surface area contributed by atoms with Crippen LogP contribution in [0.5, 0.6) is 0 Å². The molecule has 2 heterocycles. The van der Waals surface area contributed by atoms with Gasteiger partial charge in [0, 0.05) is 32.7 Å². The van der Waals surface area contributed by atoms with Crippen molar-refractivity contribution in [1.29, 1.82) is 0 Å². The second-order valence-electron chi connectivity index (χ2n) is 5.02. The Bertz CT molecular complexity index is 345. The maximum absolute atomic E-state index is 11.7. The van der Waals surface area contributed by atoms with Crippen molar-refractivity contribution in [3.05, 3.63) is 0 Å². The highest BCUT2D eigenvalue weighted by molar-refractivity contribution is 5.86. The van der Waals surface area contributed by atoms with E-state index in [4.69, 9.17) is 9.47 Å². The Morgan fingerprint density at radius 2 is 2.10 bits per heavy atom. The van der Waals surface area contributed by atoms with Crippen LogP contribution in [0.2, 0.25) is 0 Å². The number of nitrogens with one attached hydrogen (secondary N) is 1. The van der Waals surface area contributed by atoms with E-state index >= 15 is 0 Å². The fourth-order valence-corrected chi connectivity index (χ4v) is 2.43. The molecular formula is C13H23N3O4. The summed E-state index contributed by atoms with van der Waals surface area (Å²) < 4.78 is 10.4. The molecule has 20 heavy (non-hydrogen) atoms. The van der Waals surface area contributed by atoms with Gasteiger partial charge in [-0.15, -0.1) is 0 Å². The molecule has 0 aromatic carbocycles. The van der Waals surface area contributed by atoms with E-state index in [1.165, 1.54) is 0 Å². The zero-order valence-corrected chi connectivity index (χ0v) is 12.0. The fraction of sp³-hybridized carbons (Fsp3) is 0.846. The molecule has 0 bridgehead atoms. The number of carbonyl (C=O) groups excluding carboxylic acids is 2. The van der Waals surface area contributed by atoms with Crippen LogP contribution in [-0.2, 0) is 14.3 Å². The number of morpholine rings is 1. The van der Waals surface area contributed by atoms with Gasteiger partial charge in [-0.3, -0.25) is 9.69 Å². The van der Waals surface area contributed by atoms with Crippen molar-refractivity contribution in [2.75, 3.05) is 52.5 Å². The van der Waals surface area contributed by atoms with Crippen LogP contribution >= 0.6 is 0 Å². The summed E-state index contributed by atoms with van der Waals surface area (Å²) in [5.74, 6) is -0.212. The molecule has 2 saturated heterocycles. The number of carbonyl (C=O) groups is 2. The third kappa shape index (κ3) is 4.08. The van der Waals surface area contributed by atoms with E-state index in [1.807, 2.05) is 6.92 Å². The first-order valence-electron chi connectivity index (χ1n) is 7.24. The summed E-state index contributed by atoms with van der Waals surface area (Å²) >= 11 is 0. The normalized spacial score (nSPS) is 23.8. The predicted octanol–water partition coefficient (Wildman–Crippen LogP) is -0.334. The van der Waals surface area contributed by atoms with Crippen molar-refractivity contribution in [1.82, 2.24) is 15.1 Å². The third-order valence-electron chi connectivity index (χ3n) is 3.54. The Balaban J connectivity index is 1.68. The average Bonchev–Trinajstić information content (AvgIpc) is 2.82. The van der Waals surface area contributed by atoms with E-state index in [0.29, 0.717) is 19.6 Å². The van der Waals surface area contributed by atoms with E-state index < -0.39 is 6.10 Å². The van der Waals surface area contributed by atoms with Gasteiger partial charge in [-0.1, -0.05) is 0 Å². The van der Waals surface area contributed by atoms with Gasteiger partial charge < -0.3 is 19.7 Å². The highest BCUT2D eigenvalue weighted by Crippen LogP contribution is 2.12. The number of hydrogen-bond acceptors (Lipinski definition) is 5. The largest absolute Gasteiger partial charge is 0.434 e. The lowest BCUT2D eigenvalue weighted by molar-refractivity contribution is -0.127. The number of ether oxygens (including phenoxy) is 2. The van der Waals surface area contributed by atoms with Crippen LogP contribution in [0.25, 0.3) is 0 Å². The molecule has 114 valence electrons. The Kier molecular flexibility index (Phi) is 5.60. The standard InChI is InChI=1S/C13H23N3O4/c1-2-14-12(17)11-10-16(13(18)20-11)5-3-4-15-6-8-19-9-7-15/h11H,2-10H2,1H3,(H,14,17). The monoisotopic (exact) mass is 285 g/mol. The number of rotatable bonds is 6. The van der Waals surface area contributed by atoms with Gasteiger partial charge in [-0.05, 0) is 13.3 Å². The number of amides is 2. The minimum absolute atomic E-state index is 0.212. The Morgan fingerprint density at radius 3 is 2.80 bits per heavy atom. The Hall–Kier alpha value is -1.34. The van der Waals surface area contributed by atoms with Gasteiger partial charge in [0.2, 0.25) is 0 Å². The smallest absolute Gasteiger partial charge is 0.410 e. The molecule has 0 aromatic heterocycles. The van der Waals surface area contributed by atoms with Crippen LogP contribution in [0.3, 0.4) is 0 Å². The maximum atomic E-state index is 11.7. The lowest BCUT2D eigenvalue weighted by atomic mass is 10.3. The molecule has 7 heteroatoms. The molecule has 0 aliphatic carbocycles. The fourth-order valence-electron chi connectivity index (χ4n) is 2.43. The summed E-state index contributed by atoms with van der Waals surface area (Å²) in [5.41, 5.74) is 0. The molecule has 0 aromatic rings. The zero-order chi connectivity index (χ0) is 14.4. The van der Waals surface area contributed by atoms with E-state index in [9.17, 15) is 9.59 Å². The Morgan fingerprint density at radius 1 is 1.35 bits per heavy atom. The van der Waals surface area contributed by atoms with Gasteiger partial charge in [0.05, 0.1) is 19.8 Å². The SMILES string of the molecule is CCNC(=O)C1CN(CCCN2CCOCC2)C(=O)O1. The summed E-state index contributed by atoms with van der Waals surface area (Å²) in [4.78, 5) is 27.2. The van der Waals surface area contributed by atoms with Gasteiger partial charge in [0.25, 0.3) is 5.91 Å². The second kappa shape index (κ2) is 7.44. The number of hydrogen-bond donors (Lipinski definition) is 1. The summed E-state index contributed by atoms with van der Waals surface area (Å²) in [6, 6.07) is 0. The van der Waals surface area contributed by atoms with Gasteiger partial charge in [0.1, 0.15) is 0 Å². The van der Waals surface area contributed by atoms with Crippen LogP contribution in [0.4, 0.5) is 4.79 Å². The topological polar surface area (TPSA) is 71.1 Å². The molecule has 0 saturated carbocycles. The van der Waals surface area contributed by atoms with E-state index in [2.05, 4.69) is 10.2 Å². The Labute approximate surface area is 119 Å². The average molecular weight is 285 g/mol. The van der Waals surface area contributed by atoms with Gasteiger partial charge >= 0.3 is 6.09 Å². The van der Waals surface area contributed by atoms with Crippen LogP contribution in [0.1, 0.15) is 13.3 Å². The van der Waals surface area contributed by atoms with Crippen molar-refractivity contribution >= 4 is 12.0 Å². The molecule has 1 unspecified atom stereocenters. The van der Waals surface area contributed by atoms with Crippen LogP contribution in [0, 0.1) is 0 Å². The van der Waals surface area contributed by atoms with Crippen LogP contribution in [-0.4, -0.2) is 80.4 Å². The molecule has 2 aliphatic heterocycles. The molecule has 7 nitrogen and oxygen atoms in total. The van der Waals surface area contributed by atoms with E-state index in [0.717, 1.165) is 39.3 Å². The number of nitrogens with zero attached hydrogens (tertiary/aromatic N) is 2. The molecule has 0 spiro atoms. The highest BCUT2D eigenvalue weighted by atomic mass is 16.6. The number of likely N-dealkylation sites (N-methyl/N-ethyl adjacent to an activating group) is 1. The molecule has 2 aliphatic rings. The van der Waals surface area contributed by atoms with Gasteiger partial charge in [0.15, 0.2) is 6.10 Å². The third-order valence-corrected chi connectivity index (χ3v) is 3.54. The van der Waals surface area contributed by atoms with Crippen molar-refractivity contribution in [3.8, 4) is 0 Å². The van der Waals surface area contributed by atoms with Crippen LogP contribution in [0.15, 0.2) is 0 Å². The maximum Gasteiger partial charge on any atom is 0.410 e. The van der Waals surface area contributed by atoms with Crippen molar-refractivity contribution < 1.29 is 19.1 Å². The summed E-state index contributed by atoms with van der Waals surface area (Å²) in [5, 5.41) is 2.67. The first kappa shape index (κ1) is 15.1. The molecule has 2 fully saturated rings. The first-order chi connectivity index (χ1) is 9.70. The van der Waals surface area contributed by atoms with Crippen molar-refractivity contribution in [2.24, 2.45) is 0 Å². The zero-order valence-electron chi connectivity index (χ0n) is 12.0. The van der Waals surface area contributed by atoms with Crippen molar-refractivity contribution in [2.45, 2.75) is 19.4 Å². The summed E-state index contributed by atoms with van der Waals surface area (Å²) in [6.07, 6.45) is -0.161. The lowest BCUT2D eigenvalue weighted by Gasteiger charge is -2.27. The quantitative estimate of drug-likeness (QED) is 0.723. The lowest BCUT2D eigenvalue weighted by Crippen LogP contribution is -2.39. The molecular weight excluding hydrogens is 262 g/mol. The minimum Gasteiger partial charge on any atom is -0.434 e. The summed E-state index contributed by atoms with van der Waals surface area (Å²) in [6.45, 7) is 7.78.